The van der Waals surface area contributed by atoms with E-state index in [0.717, 1.165) is 28.7 Å². The van der Waals surface area contributed by atoms with Gasteiger partial charge in [-0.15, -0.1) is 0 Å². The summed E-state index contributed by atoms with van der Waals surface area (Å²) in [5, 5.41) is 0. The molecule has 0 spiro atoms. The summed E-state index contributed by atoms with van der Waals surface area (Å²) in [4.78, 5) is 0. The molecule has 7 heteroatoms. The van der Waals surface area contributed by atoms with Crippen molar-refractivity contribution in [3.8, 4) is 33.4 Å². The summed E-state index contributed by atoms with van der Waals surface area (Å²) < 4.78 is 3.22. The van der Waals surface area contributed by atoms with E-state index in [1.807, 2.05) is 0 Å². The maximum absolute atomic E-state index is 6.71. The maximum atomic E-state index is 6.71. The molecule has 0 fully saturated rings. The normalized spacial score (nSPS) is 12.9. The zero-order valence-electron chi connectivity index (χ0n) is 36.2. The predicted molar refractivity (Wildman–Crippen MR) is 259 cm³/mol. The summed E-state index contributed by atoms with van der Waals surface area (Å²) in [7, 11) is 0. The number of benzene rings is 6. The molecular formula is C55H52Cl6Zr. The average molecular weight is 1020 g/mol. The van der Waals surface area contributed by atoms with Crippen molar-refractivity contribution in [3.63, 3.8) is 0 Å². The van der Waals surface area contributed by atoms with Crippen molar-refractivity contribution < 1.29 is 46.1 Å². The first-order chi connectivity index (χ1) is 28.8. The van der Waals surface area contributed by atoms with E-state index in [-0.39, 0.29) is 39.3 Å². The molecule has 0 amide bonds. The van der Waals surface area contributed by atoms with E-state index in [4.69, 9.17) is 46.4 Å². The average Bonchev–Trinajstić information content (AvgIpc) is 3.92. The number of allylic oxidation sites excluding steroid dienone is 4. The Morgan fingerprint density at radius 1 is 0.532 bits per heavy atom. The van der Waals surface area contributed by atoms with Gasteiger partial charge in [-0.25, -0.2) is 0 Å². The number of hydrogen-bond acceptors (Lipinski definition) is 0. The molecule has 8 rings (SSSR count). The van der Waals surface area contributed by atoms with Gasteiger partial charge in [0.1, 0.15) is 0 Å². The molecule has 62 heavy (non-hydrogen) atoms. The largest absolute Gasteiger partial charge is 1.00 e. The SMILES string of the molecule is CC(C)(C)c1cc2c(cc1-c1ccccc1)Cc1c-2cc(C(C)(C)C)c(-c2ccccc2)[c]1[Zr+2](=[C](c1cc(CCl)cc(CCl)c1)c1cc(CCl)cc(CCl)c1)[CH]1C=CC=C1.[Cl-].[Cl-]. The van der Waals surface area contributed by atoms with Gasteiger partial charge in [0.25, 0.3) is 0 Å². The van der Waals surface area contributed by atoms with E-state index >= 15 is 0 Å². The second kappa shape index (κ2) is 20.2. The third kappa shape index (κ3) is 9.77. The van der Waals surface area contributed by atoms with E-state index in [1.54, 1.807) is 3.27 Å². The Bertz CT molecular complexity index is 2570. The fraction of sp³-hybridized carbons (Fsp3) is 0.255. The van der Waals surface area contributed by atoms with Crippen molar-refractivity contribution >= 4 is 52.9 Å². The van der Waals surface area contributed by atoms with Crippen LogP contribution in [0.2, 0.25) is 3.63 Å². The van der Waals surface area contributed by atoms with Crippen molar-refractivity contribution in [3.05, 3.63) is 195 Å². The van der Waals surface area contributed by atoms with Crippen molar-refractivity contribution in [2.75, 3.05) is 0 Å². The Morgan fingerprint density at radius 2 is 0.984 bits per heavy atom. The molecule has 2 aliphatic rings. The molecule has 0 saturated carbocycles. The Kier molecular flexibility index (Phi) is 15.9. The molecule has 6 aromatic rings. The van der Waals surface area contributed by atoms with Crippen LogP contribution in [-0.2, 0) is 62.0 Å². The predicted octanol–water partition coefficient (Wildman–Crippen LogP) is 9.58. The molecule has 0 radical (unpaired) electrons. The van der Waals surface area contributed by atoms with Crippen LogP contribution in [0.25, 0.3) is 33.4 Å². The Labute approximate surface area is 409 Å². The zero-order valence-corrected chi connectivity index (χ0v) is 43.2. The first-order valence-electron chi connectivity index (χ1n) is 20.9. The summed E-state index contributed by atoms with van der Waals surface area (Å²) in [5.41, 5.74) is 20.1. The van der Waals surface area contributed by atoms with Crippen LogP contribution in [-0.4, -0.2) is 3.21 Å². The van der Waals surface area contributed by atoms with Crippen LogP contribution in [0.4, 0.5) is 0 Å². The summed E-state index contributed by atoms with van der Waals surface area (Å²) in [6, 6.07) is 43.4. The van der Waals surface area contributed by atoms with E-state index in [1.165, 1.54) is 70.0 Å². The maximum Gasteiger partial charge on any atom is -1.00 e. The monoisotopic (exact) mass is 1010 g/mol. The van der Waals surface area contributed by atoms with Crippen LogP contribution in [0.15, 0.2) is 140 Å². The van der Waals surface area contributed by atoms with Gasteiger partial charge in [0.2, 0.25) is 0 Å². The second-order valence-corrected chi connectivity index (χ2v) is 25.6. The smallest absolute Gasteiger partial charge is 1.00 e. The standard InChI is InChI=1S/C33H33.C17H14Cl4.C5H5.2ClH.Zr/c1-32(2,3)30-20-26-24(18-28(30)22-13-9-7-10-14-22)17-25-19-29(23-15-11-8-12-16-23)31(21-27(25)26)33(4,5)6;18-8-14-2-12(3-15(6-14)9-19)1-13-4-16(10-20)7-17(5-13)11-21;1-2-4-5-3-1;;;/h7-16,18,20-21H,17H2,1-6H3;2-7H,8-11H2;1-5H;2*1H;/q;;;;;+2/p-2. The van der Waals surface area contributed by atoms with Gasteiger partial charge in [0, 0.05) is 0 Å². The fourth-order valence-corrected chi connectivity index (χ4v) is 18.6. The molecule has 6 aromatic carbocycles. The van der Waals surface area contributed by atoms with Crippen LogP contribution in [0, 0.1) is 0 Å². The molecule has 0 bridgehead atoms. The van der Waals surface area contributed by atoms with Crippen LogP contribution < -0.4 is 28.1 Å². The Morgan fingerprint density at radius 3 is 1.44 bits per heavy atom. The van der Waals surface area contributed by atoms with Crippen molar-refractivity contribution in [1.82, 2.24) is 0 Å². The van der Waals surface area contributed by atoms with Crippen molar-refractivity contribution in [1.29, 1.82) is 0 Å². The van der Waals surface area contributed by atoms with Gasteiger partial charge >= 0.3 is 389 Å². The van der Waals surface area contributed by atoms with E-state index in [2.05, 4.69) is 181 Å². The molecule has 318 valence electrons. The zero-order chi connectivity index (χ0) is 42.3. The minimum absolute atomic E-state index is 0. The van der Waals surface area contributed by atoms with Crippen LogP contribution >= 0.6 is 46.4 Å². The van der Waals surface area contributed by atoms with Gasteiger partial charge in [0.15, 0.2) is 0 Å². The number of fused-ring (bicyclic) bond motifs is 3. The van der Waals surface area contributed by atoms with Gasteiger partial charge in [-0.1, -0.05) is 0 Å². The van der Waals surface area contributed by atoms with E-state index in [0.29, 0.717) is 23.5 Å². The summed E-state index contributed by atoms with van der Waals surface area (Å²) in [6.45, 7) is 14.2. The molecule has 0 N–H and O–H groups in total. The van der Waals surface area contributed by atoms with Gasteiger partial charge in [-0.3, -0.25) is 0 Å². The molecule has 0 saturated heterocycles. The van der Waals surface area contributed by atoms with E-state index in [9.17, 15) is 0 Å². The van der Waals surface area contributed by atoms with E-state index < -0.39 is 21.3 Å². The minimum atomic E-state index is -3.31. The fourth-order valence-electron chi connectivity index (χ4n) is 9.33. The summed E-state index contributed by atoms with van der Waals surface area (Å²) >= 11 is 23.5. The Hall–Kier alpha value is -2.71. The molecule has 0 atom stereocenters. The van der Waals surface area contributed by atoms with Gasteiger partial charge in [0.05, 0.1) is 0 Å². The first kappa shape index (κ1) is 48.7. The number of halogens is 6. The van der Waals surface area contributed by atoms with Crippen LogP contribution in [0.5, 0.6) is 0 Å². The van der Waals surface area contributed by atoms with Crippen molar-refractivity contribution in [2.45, 2.75) is 85.9 Å². The molecule has 2 aliphatic carbocycles. The minimum Gasteiger partial charge on any atom is -1.00 e. The Balaban J connectivity index is 0.00000321. The molecule has 0 nitrogen and oxygen atoms in total. The summed E-state index contributed by atoms with van der Waals surface area (Å²) in [5.74, 6) is 1.61. The van der Waals surface area contributed by atoms with Crippen molar-refractivity contribution in [2.24, 2.45) is 0 Å². The first-order valence-corrected chi connectivity index (χ1v) is 26.9. The molecular weight excluding hydrogens is 965 g/mol. The number of alkyl halides is 4. The third-order valence-corrected chi connectivity index (χ3v) is 21.3. The molecule has 0 heterocycles. The van der Waals surface area contributed by atoms with Gasteiger partial charge < -0.3 is 24.8 Å². The van der Waals surface area contributed by atoms with Gasteiger partial charge in [-0.2, -0.15) is 0 Å². The molecule has 0 unspecified atom stereocenters. The van der Waals surface area contributed by atoms with Crippen LogP contribution in [0.3, 0.4) is 0 Å². The molecule has 0 aromatic heterocycles. The third-order valence-electron chi connectivity index (χ3n) is 12.0. The number of hydrogen-bond donors (Lipinski definition) is 0. The number of rotatable bonds is 10. The summed E-state index contributed by atoms with van der Waals surface area (Å²) in [6.07, 6.45) is 10.3. The van der Waals surface area contributed by atoms with Crippen LogP contribution in [0.1, 0.15) is 97.2 Å². The molecule has 0 aliphatic heterocycles. The van der Waals surface area contributed by atoms with Gasteiger partial charge in [-0.05, 0) is 0 Å². The topological polar surface area (TPSA) is 0 Å². The second-order valence-electron chi connectivity index (χ2n) is 18.4. The quantitative estimate of drug-likeness (QED) is 0.120.